The summed E-state index contributed by atoms with van der Waals surface area (Å²) >= 11 is 23.2. The topological polar surface area (TPSA) is 54.5 Å². The summed E-state index contributed by atoms with van der Waals surface area (Å²) in [5, 5.41) is -0.324. The summed E-state index contributed by atoms with van der Waals surface area (Å²) in [6.07, 6.45) is 0. The van der Waals surface area contributed by atoms with Crippen LogP contribution in [-0.4, -0.2) is 20.2 Å². The number of halogens is 4. The van der Waals surface area contributed by atoms with E-state index in [1.54, 1.807) is 0 Å². The van der Waals surface area contributed by atoms with Crippen molar-refractivity contribution in [2.24, 2.45) is 0 Å². The lowest BCUT2D eigenvalue weighted by molar-refractivity contribution is -0.110. The summed E-state index contributed by atoms with van der Waals surface area (Å²) in [5.41, 5.74) is 0.0584. The number of hydrogen-bond donors (Lipinski definition) is 0. The molecule has 4 nitrogen and oxygen atoms in total. The van der Waals surface area contributed by atoms with Gasteiger partial charge in [-0.1, -0.05) is 40.9 Å². The number of carbonyl (C=O) groups is 1. The average Bonchev–Trinajstić information content (AvgIpc) is 2.48. The molecule has 0 fully saturated rings. The maximum absolute atomic E-state index is 12.8. The van der Waals surface area contributed by atoms with Crippen LogP contribution in [0.4, 0.5) is 5.69 Å². The Hall–Kier alpha value is -0.980. The summed E-state index contributed by atoms with van der Waals surface area (Å²) in [5.74, 6) is 0. The van der Waals surface area contributed by atoms with Crippen molar-refractivity contribution in [1.29, 1.82) is 0 Å². The molecule has 0 unspecified atom stereocenters. The van der Waals surface area contributed by atoms with Gasteiger partial charge in [-0.3, -0.25) is 9.10 Å². The third kappa shape index (κ3) is 4.11. The molecule has 0 atom stereocenters. The molecule has 0 aliphatic heterocycles. The monoisotopic (exact) mass is 411 g/mol. The molecule has 0 N–H and O–H groups in total. The van der Waals surface area contributed by atoms with E-state index in [2.05, 4.69) is 0 Å². The molecule has 0 aliphatic rings. The molecule has 122 valence electrons. The number of anilines is 1. The first-order chi connectivity index (χ1) is 10.7. The predicted molar refractivity (Wildman–Crippen MR) is 93.3 cm³/mol. The third-order valence-electron chi connectivity index (χ3n) is 2.87. The van der Waals surface area contributed by atoms with Gasteiger partial charge in [-0.2, -0.15) is 0 Å². The van der Waals surface area contributed by atoms with Crippen molar-refractivity contribution in [3.05, 3.63) is 57.5 Å². The van der Waals surface area contributed by atoms with Crippen LogP contribution in [0.25, 0.3) is 0 Å². The molecule has 0 heterocycles. The minimum atomic E-state index is -4.08. The molecular formula is C14H9Cl4NO3S. The van der Waals surface area contributed by atoms with Crippen molar-refractivity contribution < 1.29 is 13.2 Å². The summed E-state index contributed by atoms with van der Waals surface area (Å²) in [6, 6.07) is 9.95. The number of carbonyl (C=O) groups excluding carboxylic acids is 1. The van der Waals surface area contributed by atoms with Crippen molar-refractivity contribution in [2.75, 3.05) is 10.8 Å². The molecule has 0 aliphatic carbocycles. The van der Waals surface area contributed by atoms with E-state index in [9.17, 15) is 13.2 Å². The van der Waals surface area contributed by atoms with Gasteiger partial charge in [-0.25, -0.2) is 8.42 Å². The largest absolute Gasteiger partial charge is 0.279 e. The fourth-order valence-corrected chi connectivity index (χ4v) is 4.03. The first-order valence-electron chi connectivity index (χ1n) is 6.14. The summed E-state index contributed by atoms with van der Waals surface area (Å²) in [7, 11) is -4.08. The smallest absolute Gasteiger partial charge is 0.264 e. The Balaban J connectivity index is 2.60. The van der Waals surface area contributed by atoms with Crippen molar-refractivity contribution >= 4 is 67.4 Å². The molecule has 0 saturated carbocycles. The molecule has 0 spiro atoms. The Morgan fingerprint density at radius 2 is 1.61 bits per heavy atom. The van der Waals surface area contributed by atoms with Crippen LogP contribution in [-0.2, 0) is 14.8 Å². The van der Waals surface area contributed by atoms with E-state index in [4.69, 9.17) is 46.4 Å². The van der Waals surface area contributed by atoms with Gasteiger partial charge >= 0.3 is 0 Å². The van der Waals surface area contributed by atoms with E-state index in [-0.39, 0.29) is 20.6 Å². The average molecular weight is 413 g/mol. The normalized spacial score (nSPS) is 11.3. The lowest BCUT2D eigenvalue weighted by Gasteiger charge is -2.24. The van der Waals surface area contributed by atoms with Crippen LogP contribution in [0.15, 0.2) is 47.4 Å². The first kappa shape index (κ1) is 18.4. The molecule has 2 rings (SSSR count). The highest BCUT2D eigenvalue weighted by Gasteiger charge is 2.28. The molecule has 2 aromatic carbocycles. The number of nitrogens with zero attached hydrogens (tertiary/aromatic N) is 1. The van der Waals surface area contributed by atoms with Crippen molar-refractivity contribution in [3.8, 4) is 0 Å². The Kier molecular flexibility index (Phi) is 5.81. The second-order valence-electron chi connectivity index (χ2n) is 4.39. The van der Waals surface area contributed by atoms with Gasteiger partial charge in [0.1, 0.15) is 6.54 Å². The molecule has 9 heteroatoms. The number of sulfonamides is 1. The van der Waals surface area contributed by atoms with Crippen molar-refractivity contribution in [1.82, 2.24) is 0 Å². The zero-order valence-electron chi connectivity index (χ0n) is 11.3. The Morgan fingerprint density at radius 3 is 2.17 bits per heavy atom. The van der Waals surface area contributed by atoms with Crippen LogP contribution in [0.5, 0.6) is 0 Å². The molecule has 0 amide bonds. The van der Waals surface area contributed by atoms with Gasteiger partial charge in [-0.05, 0) is 48.0 Å². The van der Waals surface area contributed by atoms with E-state index >= 15 is 0 Å². The zero-order chi connectivity index (χ0) is 17.2. The van der Waals surface area contributed by atoms with Crippen LogP contribution in [0.2, 0.25) is 15.1 Å². The molecule has 0 aromatic heterocycles. The molecule has 0 saturated heterocycles. The molecular weight excluding hydrogens is 404 g/mol. The third-order valence-corrected chi connectivity index (χ3v) is 5.82. The Morgan fingerprint density at radius 1 is 1.00 bits per heavy atom. The van der Waals surface area contributed by atoms with Crippen LogP contribution >= 0.6 is 46.4 Å². The molecule has 0 bridgehead atoms. The van der Waals surface area contributed by atoms with Crippen LogP contribution in [0.1, 0.15) is 0 Å². The van der Waals surface area contributed by atoms with E-state index in [1.807, 2.05) is 0 Å². The van der Waals surface area contributed by atoms with Gasteiger partial charge in [0, 0.05) is 5.02 Å². The van der Waals surface area contributed by atoms with Gasteiger partial charge in [-0.15, -0.1) is 0 Å². The number of hydrogen-bond acceptors (Lipinski definition) is 3. The van der Waals surface area contributed by atoms with Crippen LogP contribution in [0.3, 0.4) is 0 Å². The van der Waals surface area contributed by atoms with Gasteiger partial charge in [0.05, 0.1) is 20.6 Å². The standard InChI is InChI=1S/C14H9Cl4NO3S/c15-9-4-6-10(7-5-9)23(21,22)19(8-13(17)20)12-3-1-2-11(16)14(12)18/h1-7H,8H2. The Labute approximate surface area is 153 Å². The quantitative estimate of drug-likeness (QED) is 0.674. The lowest BCUT2D eigenvalue weighted by atomic mass is 10.3. The van der Waals surface area contributed by atoms with Gasteiger partial charge in [0.25, 0.3) is 10.0 Å². The van der Waals surface area contributed by atoms with E-state index in [0.717, 1.165) is 4.31 Å². The van der Waals surface area contributed by atoms with Crippen molar-refractivity contribution in [2.45, 2.75) is 4.90 Å². The highest BCUT2D eigenvalue weighted by atomic mass is 35.5. The summed E-state index contributed by atoms with van der Waals surface area (Å²) in [6.45, 7) is -0.591. The predicted octanol–water partition coefficient (Wildman–Crippen LogP) is 4.61. The maximum Gasteiger partial charge on any atom is 0.264 e. The van der Waals surface area contributed by atoms with E-state index < -0.39 is 21.8 Å². The summed E-state index contributed by atoms with van der Waals surface area (Å²) < 4.78 is 26.4. The summed E-state index contributed by atoms with van der Waals surface area (Å²) in [4.78, 5) is 11.3. The SMILES string of the molecule is O=C(Cl)CN(c1cccc(Cl)c1Cl)S(=O)(=O)c1ccc(Cl)cc1. The van der Waals surface area contributed by atoms with E-state index in [0.29, 0.717) is 5.02 Å². The Bertz CT molecular complexity index is 838. The second kappa shape index (κ2) is 7.28. The van der Waals surface area contributed by atoms with Crippen LogP contribution in [0, 0.1) is 0 Å². The highest BCUT2D eigenvalue weighted by molar-refractivity contribution is 7.92. The molecule has 2 aromatic rings. The molecule has 0 radical (unpaired) electrons. The minimum Gasteiger partial charge on any atom is -0.279 e. The highest BCUT2D eigenvalue weighted by Crippen LogP contribution is 2.35. The minimum absolute atomic E-state index is 0.00428. The van der Waals surface area contributed by atoms with Crippen molar-refractivity contribution in [3.63, 3.8) is 0 Å². The molecule has 23 heavy (non-hydrogen) atoms. The van der Waals surface area contributed by atoms with Gasteiger partial charge in [0.15, 0.2) is 0 Å². The van der Waals surface area contributed by atoms with Crippen LogP contribution < -0.4 is 4.31 Å². The fraction of sp³-hybridized carbons (Fsp3) is 0.0714. The zero-order valence-corrected chi connectivity index (χ0v) is 15.2. The van der Waals surface area contributed by atoms with Gasteiger partial charge < -0.3 is 0 Å². The van der Waals surface area contributed by atoms with Gasteiger partial charge in [0.2, 0.25) is 5.24 Å². The van der Waals surface area contributed by atoms with E-state index in [1.165, 1.54) is 42.5 Å². The second-order valence-corrected chi connectivity index (χ2v) is 7.90. The maximum atomic E-state index is 12.8. The lowest BCUT2D eigenvalue weighted by Crippen LogP contribution is -2.34. The number of benzene rings is 2. The fourth-order valence-electron chi connectivity index (χ4n) is 1.83. The number of rotatable bonds is 5. The first-order valence-corrected chi connectivity index (χ1v) is 9.09.